The van der Waals surface area contributed by atoms with Crippen LogP contribution >= 0.6 is 0 Å². The molecule has 5 heteroatoms. The summed E-state index contributed by atoms with van der Waals surface area (Å²) in [7, 11) is 3.44. The number of nitrogens with one attached hydrogen (secondary N) is 1. The molecule has 0 saturated carbocycles. The zero-order chi connectivity index (χ0) is 15.4. The number of halogens is 1. The summed E-state index contributed by atoms with van der Waals surface area (Å²) in [5.41, 5.74) is 7.17. The molecule has 0 amide bonds. The number of nitrogen functional groups attached to an aromatic ring is 1. The maximum absolute atomic E-state index is 13.9. The normalized spacial score (nSPS) is 10.2. The number of amidine groups is 1. The second kappa shape index (κ2) is 6.26. The van der Waals surface area contributed by atoms with Crippen LogP contribution in [0.3, 0.4) is 0 Å². The van der Waals surface area contributed by atoms with Crippen LogP contribution in [0.25, 0.3) is 0 Å². The van der Waals surface area contributed by atoms with Gasteiger partial charge in [-0.25, -0.2) is 4.39 Å². The zero-order valence-electron chi connectivity index (χ0n) is 12.1. The summed E-state index contributed by atoms with van der Waals surface area (Å²) in [6.45, 7) is 0.522. The molecule has 0 fully saturated rings. The lowest BCUT2D eigenvalue weighted by Gasteiger charge is -2.23. The van der Waals surface area contributed by atoms with Gasteiger partial charge in [-0.3, -0.25) is 5.41 Å². The van der Waals surface area contributed by atoms with E-state index in [0.29, 0.717) is 12.2 Å². The number of hydrogen-bond donors (Lipinski definition) is 2. The fourth-order valence-electron chi connectivity index (χ4n) is 2.27. The van der Waals surface area contributed by atoms with Gasteiger partial charge in [0.2, 0.25) is 0 Å². The van der Waals surface area contributed by atoms with Crippen molar-refractivity contribution in [3.63, 3.8) is 0 Å². The second-order valence-corrected chi connectivity index (χ2v) is 4.72. The van der Waals surface area contributed by atoms with E-state index in [1.54, 1.807) is 19.2 Å². The number of nitrogens with zero attached hydrogens (tertiary/aromatic N) is 1. The van der Waals surface area contributed by atoms with Crippen LogP contribution in [0, 0.1) is 11.2 Å². The number of benzene rings is 2. The van der Waals surface area contributed by atoms with Gasteiger partial charge in [0.05, 0.1) is 18.4 Å². The van der Waals surface area contributed by atoms with Crippen molar-refractivity contribution < 1.29 is 9.13 Å². The van der Waals surface area contributed by atoms with E-state index in [2.05, 4.69) is 0 Å². The first-order valence-corrected chi connectivity index (χ1v) is 6.50. The molecule has 3 N–H and O–H groups in total. The average molecular weight is 287 g/mol. The first-order chi connectivity index (χ1) is 10.0. The van der Waals surface area contributed by atoms with Crippen molar-refractivity contribution in [1.29, 1.82) is 5.41 Å². The van der Waals surface area contributed by atoms with E-state index in [1.807, 2.05) is 36.2 Å². The Morgan fingerprint density at radius 3 is 2.62 bits per heavy atom. The molecule has 0 radical (unpaired) electrons. The molecule has 2 aromatic carbocycles. The molecule has 2 aromatic rings. The molecule has 0 unspecified atom stereocenters. The molecular weight excluding hydrogens is 269 g/mol. The van der Waals surface area contributed by atoms with Crippen molar-refractivity contribution >= 4 is 11.5 Å². The van der Waals surface area contributed by atoms with Gasteiger partial charge in [-0.2, -0.15) is 0 Å². The van der Waals surface area contributed by atoms with E-state index in [1.165, 1.54) is 6.07 Å². The van der Waals surface area contributed by atoms with Crippen LogP contribution in [-0.4, -0.2) is 20.0 Å². The molecule has 21 heavy (non-hydrogen) atoms. The number of anilines is 1. The molecule has 0 saturated heterocycles. The van der Waals surface area contributed by atoms with Gasteiger partial charge in [0, 0.05) is 19.2 Å². The minimum Gasteiger partial charge on any atom is -0.496 e. The van der Waals surface area contributed by atoms with Crippen LogP contribution in [0.4, 0.5) is 10.1 Å². The Bertz CT molecular complexity index is 658. The van der Waals surface area contributed by atoms with Crippen molar-refractivity contribution in [3.8, 4) is 5.75 Å². The van der Waals surface area contributed by atoms with E-state index in [4.69, 9.17) is 15.9 Å². The number of ether oxygens (including phenoxy) is 1. The minimum absolute atomic E-state index is 0.120. The third-order valence-corrected chi connectivity index (χ3v) is 3.27. The summed E-state index contributed by atoms with van der Waals surface area (Å²) in [4.78, 5) is 1.84. The summed E-state index contributed by atoms with van der Waals surface area (Å²) in [5, 5.41) is 7.55. The van der Waals surface area contributed by atoms with Gasteiger partial charge < -0.3 is 15.4 Å². The lowest BCUT2D eigenvalue weighted by molar-refractivity contribution is 0.409. The molecule has 0 aliphatic rings. The Morgan fingerprint density at radius 1 is 1.24 bits per heavy atom. The molecule has 4 nitrogen and oxygen atoms in total. The highest BCUT2D eigenvalue weighted by Crippen LogP contribution is 2.26. The fraction of sp³-hybridized carbons (Fsp3) is 0.188. The lowest BCUT2D eigenvalue weighted by atomic mass is 10.1. The zero-order valence-corrected chi connectivity index (χ0v) is 12.1. The van der Waals surface area contributed by atoms with Crippen LogP contribution in [0.15, 0.2) is 42.5 Å². The molecule has 2 rings (SSSR count). The molecule has 0 aliphatic carbocycles. The fourth-order valence-corrected chi connectivity index (χ4v) is 2.27. The summed E-state index contributed by atoms with van der Waals surface area (Å²) in [6.07, 6.45) is 0. The first-order valence-electron chi connectivity index (χ1n) is 6.50. The molecule has 0 spiro atoms. The molecule has 0 aliphatic heterocycles. The van der Waals surface area contributed by atoms with Crippen LogP contribution < -0.4 is 15.4 Å². The highest BCUT2D eigenvalue weighted by molar-refractivity contribution is 6.00. The minimum atomic E-state index is -0.494. The summed E-state index contributed by atoms with van der Waals surface area (Å²) in [6, 6.07) is 12.3. The maximum atomic E-state index is 13.9. The Balaban J connectivity index is 2.35. The summed E-state index contributed by atoms with van der Waals surface area (Å²) < 4.78 is 19.2. The van der Waals surface area contributed by atoms with Gasteiger partial charge in [0.15, 0.2) is 0 Å². The Hall–Kier alpha value is -2.56. The average Bonchev–Trinajstić information content (AvgIpc) is 2.47. The maximum Gasteiger partial charge on any atom is 0.136 e. The standard InChI is InChI=1S/C16H18FN3O/c1-20(10-11-6-3-4-9-14(11)21-2)13-8-5-7-12(17)15(13)16(18)19/h3-9H,10H2,1-2H3,(H3,18,19). The Labute approximate surface area is 123 Å². The topological polar surface area (TPSA) is 62.3 Å². The highest BCUT2D eigenvalue weighted by Gasteiger charge is 2.15. The molecular formula is C16H18FN3O. The summed E-state index contributed by atoms with van der Waals surface area (Å²) in [5.74, 6) is -0.00742. The number of nitrogens with two attached hydrogens (primary N) is 1. The molecule has 0 atom stereocenters. The third kappa shape index (κ3) is 3.13. The van der Waals surface area contributed by atoms with E-state index >= 15 is 0 Å². The number of rotatable bonds is 5. The van der Waals surface area contributed by atoms with Crippen LogP contribution in [-0.2, 0) is 6.54 Å². The van der Waals surface area contributed by atoms with Crippen molar-refractivity contribution in [1.82, 2.24) is 0 Å². The SMILES string of the molecule is COc1ccccc1CN(C)c1cccc(F)c1C(=N)N. The number of hydrogen-bond acceptors (Lipinski definition) is 3. The van der Waals surface area contributed by atoms with Gasteiger partial charge in [-0.1, -0.05) is 24.3 Å². The van der Waals surface area contributed by atoms with Gasteiger partial charge in [-0.15, -0.1) is 0 Å². The smallest absolute Gasteiger partial charge is 0.136 e. The Morgan fingerprint density at radius 2 is 1.95 bits per heavy atom. The second-order valence-electron chi connectivity index (χ2n) is 4.72. The monoisotopic (exact) mass is 287 g/mol. The molecule has 110 valence electrons. The van der Waals surface area contributed by atoms with Crippen molar-refractivity contribution in [3.05, 3.63) is 59.4 Å². The quantitative estimate of drug-likeness (QED) is 0.656. The van der Waals surface area contributed by atoms with E-state index in [0.717, 1.165) is 11.3 Å². The molecule has 0 aromatic heterocycles. The number of methoxy groups -OCH3 is 1. The first kappa shape index (κ1) is 14.8. The van der Waals surface area contributed by atoms with Crippen LogP contribution in [0.5, 0.6) is 5.75 Å². The molecule has 0 bridgehead atoms. The van der Waals surface area contributed by atoms with Crippen molar-refractivity contribution in [2.75, 3.05) is 19.1 Å². The van der Waals surface area contributed by atoms with Crippen LogP contribution in [0.2, 0.25) is 0 Å². The van der Waals surface area contributed by atoms with Crippen LogP contribution in [0.1, 0.15) is 11.1 Å². The highest BCUT2D eigenvalue weighted by atomic mass is 19.1. The van der Waals surface area contributed by atoms with Gasteiger partial charge in [0.25, 0.3) is 0 Å². The van der Waals surface area contributed by atoms with Crippen molar-refractivity contribution in [2.45, 2.75) is 6.54 Å². The van der Waals surface area contributed by atoms with Gasteiger partial charge in [-0.05, 0) is 18.2 Å². The van der Waals surface area contributed by atoms with Gasteiger partial charge >= 0.3 is 0 Å². The van der Waals surface area contributed by atoms with E-state index in [9.17, 15) is 4.39 Å². The van der Waals surface area contributed by atoms with E-state index in [-0.39, 0.29) is 11.4 Å². The lowest BCUT2D eigenvalue weighted by Crippen LogP contribution is -2.23. The van der Waals surface area contributed by atoms with Gasteiger partial charge in [0.1, 0.15) is 17.4 Å². The van der Waals surface area contributed by atoms with Crippen molar-refractivity contribution in [2.24, 2.45) is 5.73 Å². The summed E-state index contributed by atoms with van der Waals surface area (Å²) >= 11 is 0. The Kier molecular flexibility index (Phi) is 4.42. The van der Waals surface area contributed by atoms with E-state index < -0.39 is 5.82 Å². The molecule has 0 heterocycles. The number of para-hydroxylation sites is 1. The predicted molar refractivity (Wildman–Crippen MR) is 82.5 cm³/mol. The predicted octanol–water partition coefficient (Wildman–Crippen LogP) is 2.75. The largest absolute Gasteiger partial charge is 0.496 e. The third-order valence-electron chi connectivity index (χ3n) is 3.27.